The van der Waals surface area contributed by atoms with E-state index < -0.39 is 15.7 Å². The molecule has 1 rings (SSSR count). The molecule has 1 aromatic carbocycles. The third-order valence-electron chi connectivity index (χ3n) is 2.64. The number of halogens is 1. The maximum Gasteiger partial charge on any atom is 0.170 e. The quantitative estimate of drug-likeness (QED) is 0.223. The Hall–Kier alpha value is -1.67. The molecule has 0 saturated heterocycles. The molecular weight excluding hydrogens is 285 g/mol. The van der Waals surface area contributed by atoms with Crippen molar-refractivity contribution in [2.45, 2.75) is 13.0 Å². The van der Waals surface area contributed by atoms with Crippen LogP contribution in [0.3, 0.4) is 0 Å². The van der Waals surface area contributed by atoms with Crippen molar-refractivity contribution in [1.29, 1.82) is 0 Å². The molecule has 112 valence electrons. The van der Waals surface area contributed by atoms with Crippen LogP contribution < -0.4 is 11.1 Å². The molecule has 8 heteroatoms. The Labute approximate surface area is 117 Å². The number of benzene rings is 1. The third-order valence-corrected chi connectivity index (χ3v) is 3.67. The summed E-state index contributed by atoms with van der Waals surface area (Å²) in [6.07, 6.45) is 1.65. The monoisotopic (exact) mass is 303 g/mol. The maximum atomic E-state index is 13.7. The van der Waals surface area contributed by atoms with E-state index in [0.29, 0.717) is 24.1 Å². The summed E-state index contributed by atoms with van der Waals surface area (Å²) >= 11 is 0. The fourth-order valence-corrected chi connectivity index (χ4v) is 2.26. The van der Waals surface area contributed by atoms with E-state index in [1.54, 1.807) is 6.07 Å². The van der Waals surface area contributed by atoms with Crippen LogP contribution in [0.5, 0.6) is 0 Å². The lowest BCUT2D eigenvalue weighted by atomic mass is 10.1. The molecule has 0 saturated carbocycles. The fraction of sp³-hybridized carbons (Fsp3) is 0.417. The summed E-state index contributed by atoms with van der Waals surface area (Å²) < 4.78 is 35.6. The number of rotatable bonds is 7. The van der Waals surface area contributed by atoms with Gasteiger partial charge in [0.2, 0.25) is 0 Å². The highest BCUT2D eigenvalue weighted by atomic mass is 32.2. The zero-order valence-corrected chi connectivity index (χ0v) is 12.0. The van der Waals surface area contributed by atoms with Gasteiger partial charge < -0.3 is 16.3 Å². The molecule has 6 nitrogen and oxygen atoms in total. The van der Waals surface area contributed by atoms with Gasteiger partial charge in [-0.1, -0.05) is 17.3 Å². The van der Waals surface area contributed by atoms with Crippen molar-refractivity contribution in [2.24, 2.45) is 10.9 Å². The molecule has 0 aliphatic rings. The van der Waals surface area contributed by atoms with Crippen molar-refractivity contribution >= 4 is 15.7 Å². The number of oxime groups is 1. The average Bonchev–Trinajstić information content (AvgIpc) is 2.37. The second kappa shape index (κ2) is 7.20. The summed E-state index contributed by atoms with van der Waals surface area (Å²) in [6, 6.07) is 4.26. The topological polar surface area (TPSA) is 105 Å². The van der Waals surface area contributed by atoms with Crippen LogP contribution in [0.4, 0.5) is 4.39 Å². The summed E-state index contributed by atoms with van der Waals surface area (Å²) in [4.78, 5) is 0. The first-order valence-corrected chi connectivity index (χ1v) is 8.04. The van der Waals surface area contributed by atoms with Crippen molar-refractivity contribution in [3.8, 4) is 0 Å². The SMILES string of the molecule is CS(=O)(=O)CCCNCc1ccc(C(N)=NO)cc1F. The van der Waals surface area contributed by atoms with Gasteiger partial charge in [0.1, 0.15) is 15.7 Å². The predicted octanol–water partition coefficient (Wildman–Crippen LogP) is 0.445. The minimum absolute atomic E-state index is 0.102. The van der Waals surface area contributed by atoms with E-state index >= 15 is 0 Å². The first-order chi connectivity index (χ1) is 9.33. The van der Waals surface area contributed by atoms with E-state index in [0.717, 1.165) is 0 Å². The van der Waals surface area contributed by atoms with Crippen molar-refractivity contribution in [3.05, 3.63) is 35.1 Å². The molecule has 0 bridgehead atoms. The lowest BCUT2D eigenvalue weighted by molar-refractivity contribution is 0.318. The average molecular weight is 303 g/mol. The Balaban J connectivity index is 2.49. The number of amidine groups is 1. The molecule has 20 heavy (non-hydrogen) atoms. The molecule has 0 atom stereocenters. The van der Waals surface area contributed by atoms with Crippen LogP contribution in [0, 0.1) is 5.82 Å². The summed E-state index contributed by atoms with van der Waals surface area (Å²) in [5.74, 6) is -0.522. The predicted molar refractivity (Wildman–Crippen MR) is 74.9 cm³/mol. The van der Waals surface area contributed by atoms with Crippen LogP contribution in [0.2, 0.25) is 0 Å². The molecule has 0 radical (unpaired) electrons. The number of nitrogens with zero attached hydrogens (tertiary/aromatic N) is 1. The highest BCUT2D eigenvalue weighted by Gasteiger charge is 2.06. The zero-order valence-electron chi connectivity index (χ0n) is 11.1. The second-order valence-electron chi connectivity index (χ2n) is 4.45. The standard InChI is InChI=1S/C12H18FN3O3S/c1-20(18,19)6-2-5-15-8-10-4-3-9(7-11(10)13)12(14)16-17/h3-4,7,15,17H,2,5-6,8H2,1H3,(H2,14,16). The largest absolute Gasteiger partial charge is 0.409 e. The summed E-state index contributed by atoms with van der Waals surface area (Å²) in [5, 5.41) is 14.3. The Morgan fingerprint density at radius 2 is 2.20 bits per heavy atom. The molecule has 0 unspecified atom stereocenters. The molecule has 0 aromatic heterocycles. The van der Waals surface area contributed by atoms with E-state index in [1.807, 2.05) is 0 Å². The van der Waals surface area contributed by atoms with E-state index in [-0.39, 0.29) is 18.1 Å². The van der Waals surface area contributed by atoms with Crippen LogP contribution in [0.15, 0.2) is 23.4 Å². The normalized spacial score (nSPS) is 12.6. The fourth-order valence-electron chi connectivity index (χ4n) is 1.59. The second-order valence-corrected chi connectivity index (χ2v) is 6.71. The summed E-state index contributed by atoms with van der Waals surface area (Å²) in [6.45, 7) is 0.764. The highest BCUT2D eigenvalue weighted by molar-refractivity contribution is 7.90. The number of nitrogens with two attached hydrogens (primary N) is 1. The van der Waals surface area contributed by atoms with E-state index in [2.05, 4.69) is 10.5 Å². The van der Waals surface area contributed by atoms with Crippen LogP contribution in [-0.2, 0) is 16.4 Å². The van der Waals surface area contributed by atoms with Gasteiger partial charge >= 0.3 is 0 Å². The maximum absolute atomic E-state index is 13.7. The van der Waals surface area contributed by atoms with Gasteiger partial charge in [-0.05, 0) is 19.0 Å². The van der Waals surface area contributed by atoms with Gasteiger partial charge in [-0.2, -0.15) is 0 Å². The van der Waals surface area contributed by atoms with Gasteiger partial charge in [0, 0.05) is 23.9 Å². The van der Waals surface area contributed by atoms with Gasteiger partial charge in [-0.15, -0.1) is 0 Å². The first-order valence-electron chi connectivity index (χ1n) is 5.98. The van der Waals surface area contributed by atoms with Crippen LogP contribution in [0.25, 0.3) is 0 Å². The molecule has 0 fully saturated rings. The van der Waals surface area contributed by atoms with Crippen molar-refractivity contribution in [2.75, 3.05) is 18.6 Å². The lowest BCUT2D eigenvalue weighted by Gasteiger charge is -2.07. The molecule has 0 aliphatic carbocycles. The Morgan fingerprint density at radius 1 is 1.50 bits per heavy atom. The minimum Gasteiger partial charge on any atom is -0.409 e. The minimum atomic E-state index is -2.96. The van der Waals surface area contributed by atoms with Gasteiger partial charge in [-0.3, -0.25) is 0 Å². The summed E-state index contributed by atoms with van der Waals surface area (Å²) in [5.41, 5.74) is 6.08. The molecule has 4 N–H and O–H groups in total. The van der Waals surface area contributed by atoms with Crippen molar-refractivity contribution < 1.29 is 18.0 Å². The highest BCUT2D eigenvalue weighted by Crippen LogP contribution is 2.10. The van der Waals surface area contributed by atoms with Crippen LogP contribution in [0.1, 0.15) is 17.5 Å². The van der Waals surface area contributed by atoms with Gasteiger partial charge in [-0.25, -0.2) is 12.8 Å². The molecule has 0 heterocycles. The van der Waals surface area contributed by atoms with Crippen LogP contribution in [-0.4, -0.2) is 38.0 Å². The Kier molecular flexibility index (Phi) is 5.90. The number of hydrogen-bond acceptors (Lipinski definition) is 5. The molecule has 0 amide bonds. The van der Waals surface area contributed by atoms with E-state index in [9.17, 15) is 12.8 Å². The molecule has 0 aliphatic heterocycles. The first kappa shape index (κ1) is 16.4. The van der Waals surface area contributed by atoms with Crippen LogP contribution >= 0.6 is 0 Å². The van der Waals surface area contributed by atoms with Gasteiger partial charge in [0.25, 0.3) is 0 Å². The van der Waals surface area contributed by atoms with E-state index in [1.165, 1.54) is 18.4 Å². The zero-order chi connectivity index (χ0) is 15.2. The molecule has 0 spiro atoms. The van der Waals surface area contributed by atoms with Crippen molar-refractivity contribution in [3.63, 3.8) is 0 Å². The third kappa shape index (κ3) is 5.54. The van der Waals surface area contributed by atoms with E-state index in [4.69, 9.17) is 10.9 Å². The Bertz CT molecular complexity index is 588. The molecule has 1 aromatic rings. The van der Waals surface area contributed by atoms with Gasteiger partial charge in [0.15, 0.2) is 5.84 Å². The number of hydrogen-bond donors (Lipinski definition) is 3. The van der Waals surface area contributed by atoms with Crippen molar-refractivity contribution in [1.82, 2.24) is 5.32 Å². The lowest BCUT2D eigenvalue weighted by Crippen LogP contribution is -2.19. The Morgan fingerprint density at radius 3 is 2.75 bits per heavy atom. The van der Waals surface area contributed by atoms with Gasteiger partial charge in [0.05, 0.1) is 5.75 Å². The number of sulfone groups is 1. The smallest absolute Gasteiger partial charge is 0.170 e. The number of nitrogens with one attached hydrogen (secondary N) is 1. The molecular formula is C12H18FN3O3S. The summed E-state index contributed by atoms with van der Waals surface area (Å²) in [7, 11) is -2.96.